The maximum absolute atomic E-state index is 13.7. The molecular formula is C39H59N5O10. The van der Waals surface area contributed by atoms with Crippen molar-refractivity contribution in [1.82, 2.24) is 26.2 Å². The SMILES string of the molecule is COC(=O)N[C@H](C(=O)N[C@@H](Cc1ccc(OCC(=O)N2CCOCC2)cc1)[C@H](O)CNC[C@@H](O)[C@H](Cc1ccccc1)NC(=O)OC(C)(C)C)C(C)(C)C. The lowest BCUT2D eigenvalue weighted by Gasteiger charge is -2.33. The standard InChI is InChI=1S/C39H59N5O10/c1-38(2,3)34(43-36(49)51-7)35(48)41-29(22-27-13-15-28(16-14-27)53-25-33(47)44-17-19-52-20-18-44)31(45)23-40-24-32(46)30(21-26-11-9-8-10-12-26)42-37(50)54-39(4,5)6/h8-16,29-32,34,40,45-46H,17-25H2,1-7H3,(H,41,48)(H,42,50)(H,43,49)/t29-,30-,31+,32+,34+/m0/s1. The number of benzene rings is 2. The van der Waals surface area contributed by atoms with Gasteiger partial charge in [-0.15, -0.1) is 0 Å². The number of ether oxygens (including phenoxy) is 4. The Hall–Kier alpha value is -4.44. The van der Waals surface area contributed by atoms with Crippen LogP contribution in [0.25, 0.3) is 0 Å². The molecule has 1 saturated heterocycles. The van der Waals surface area contributed by atoms with Crippen molar-refractivity contribution in [2.45, 2.75) is 90.3 Å². The van der Waals surface area contributed by atoms with Gasteiger partial charge in [0.15, 0.2) is 6.61 Å². The third-order valence-corrected chi connectivity index (χ3v) is 8.64. The van der Waals surface area contributed by atoms with E-state index in [1.165, 1.54) is 7.11 Å². The van der Waals surface area contributed by atoms with Gasteiger partial charge in [-0.1, -0.05) is 63.2 Å². The Morgan fingerprint density at radius 2 is 1.33 bits per heavy atom. The summed E-state index contributed by atoms with van der Waals surface area (Å²) in [5.41, 5.74) is 0.211. The highest BCUT2D eigenvalue weighted by atomic mass is 16.6. The van der Waals surface area contributed by atoms with Crippen molar-refractivity contribution in [3.63, 3.8) is 0 Å². The van der Waals surface area contributed by atoms with Crippen LogP contribution >= 0.6 is 0 Å². The number of amides is 4. The molecule has 15 nitrogen and oxygen atoms in total. The van der Waals surface area contributed by atoms with Gasteiger partial charge in [0.25, 0.3) is 5.91 Å². The molecule has 6 N–H and O–H groups in total. The van der Waals surface area contributed by atoms with Crippen LogP contribution in [0.15, 0.2) is 54.6 Å². The van der Waals surface area contributed by atoms with Crippen molar-refractivity contribution in [1.29, 1.82) is 0 Å². The monoisotopic (exact) mass is 757 g/mol. The number of hydrogen-bond donors (Lipinski definition) is 6. The summed E-state index contributed by atoms with van der Waals surface area (Å²) >= 11 is 0. The van der Waals surface area contributed by atoms with E-state index in [1.54, 1.807) is 70.7 Å². The molecule has 4 amide bonds. The predicted molar refractivity (Wildman–Crippen MR) is 202 cm³/mol. The molecule has 1 fully saturated rings. The first-order chi connectivity index (χ1) is 25.4. The topological polar surface area (TPSA) is 197 Å². The Balaban J connectivity index is 1.71. The number of nitrogens with one attached hydrogen (secondary N) is 4. The lowest BCUT2D eigenvalue weighted by molar-refractivity contribution is -0.137. The average molecular weight is 758 g/mol. The van der Waals surface area contributed by atoms with Crippen LogP contribution in [0.4, 0.5) is 9.59 Å². The average Bonchev–Trinajstić information content (AvgIpc) is 3.12. The van der Waals surface area contributed by atoms with Gasteiger partial charge < -0.3 is 55.3 Å². The molecule has 0 spiro atoms. The van der Waals surface area contributed by atoms with E-state index < -0.39 is 59.4 Å². The van der Waals surface area contributed by atoms with Crippen molar-refractivity contribution in [2.75, 3.05) is 53.1 Å². The number of morpholine rings is 1. The first kappa shape index (κ1) is 44.0. The molecular weight excluding hydrogens is 698 g/mol. The Kier molecular flexibility index (Phi) is 17.0. The Morgan fingerprint density at radius 3 is 1.87 bits per heavy atom. The number of aliphatic hydroxyl groups excluding tert-OH is 2. The van der Waals surface area contributed by atoms with Crippen LogP contribution in [0.5, 0.6) is 5.75 Å². The van der Waals surface area contributed by atoms with Crippen LogP contribution in [0, 0.1) is 5.41 Å². The van der Waals surface area contributed by atoms with Crippen LogP contribution in [0.1, 0.15) is 52.7 Å². The molecule has 0 bridgehead atoms. The first-order valence-corrected chi connectivity index (χ1v) is 18.3. The van der Waals surface area contributed by atoms with Crippen LogP contribution in [-0.4, -0.2) is 128 Å². The largest absolute Gasteiger partial charge is 0.484 e. The molecule has 5 atom stereocenters. The molecule has 1 aliphatic rings. The summed E-state index contributed by atoms with van der Waals surface area (Å²) < 4.78 is 21.2. The van der Waals surface area contributed by atoms with Crippen molar-refractivity contribution in [2.24, 2.45) is 5.41 Å². The van der Waals surface area contributed by atoms with Crippen LogP contribution in [0.3, 0.4) is 0 Å². The Morgan fingerprint density at radius 1 is 0.778 bits per heavy atom. The van der Waals surface area contributed by atoms with Crippen LogP contribution in [-0.2, 0) is 36.6 Å². The molecule has 3 rings (SSSR count). The van der Waals surface area contributed by atoms with Gasteiger partial charge in [-0.05, 0) is 62.3 Å². The summed E-state index contributed by atoms with van der Waals surface area (Å²) in [4.78, 5) is 52.7. The minimum Gasteiger partial charge on any atom is -0.484 e. The van der Waals surface area contributed by atoms with E-state index >= 15 is 0 Å². The van der Waals surface area contributed by atoms with Crippen molar-refractivity contribution in [3.05, 3.63) is 65.7 Å². The zero-order valence-electron chi connectivity index (χ0n) is 32.6. The number of nitrogens with zero attached hydrogens (tertiary/aromatic N) is 1. The van der Waals surface area contributed by atoms with Crippen molar-refractivity contribution >= 4 is 24.0 Å². The van der Waals surface area contributed by atoms with Crippen LogP contribution in [0.2, 0.25) is 0 Å². The molecule has 0 aromatic heterocycles. The number of aliphatic hydroxyl groups is 2. The molecule has 0 radical (unpaired) electrons. The van der Waals surface area contributed by atoms with Gasteiger partial charge >= 0.3 is 12.2 Å². The van der Waals surface area contributed by atoms with E-state index in [2.05, 4.69) is 21.3 Å². The maximum atomic E-state index is 13.7. The second-order valence-corrected chi connectivity index (χ2v) is 15.4. The zero-order chi connectivity index (χ0) is 39.9. The van der Waals surface area contributed by atoms with E-state index in [0.29, 0.717) is 38.5 Å². The minimum atomic E-state index is -1.16. The lowest BCUT2D eigenvalue weighted by Crippen LogP contribution is -2.58. The quantitative estimate of drug-likeness (QED) is 0.138. The fourth-order valence-electron chi connectivity index (χ4n) is 5.70. The van der Waals surface area contributed by atoms with Gasteiger partial charge in [0.2, 0.25) is 5.91 Å². The highest BCUT2D eigenvalue weighted by Gasteiger charge is 2.35. The van der Waals surface area contributed by atoms with Crippen molar-refractivity contribution < 1.29 is 48.3 Å². The highest BCUT2D eigenvalue weighted by molar-refractivity contribution is 5.86. The summed E-state index contributed by atoms with van der Waals surface area (Å²) in [6.07, 6.45) is -3.16. The summed E-state index contributed by atoms with van der Waals surface area (Å²) in [7, 11) is 1.21. The molecule has 2 aromatic rings. The second-order valence-electron chi connectivity index (χ2n) is 15.4. The van der Waals surface area contributed by atoms with E-state index in [-0.39, 0.29) is 32.0 Å². The van der Waals surface area contributed by atoms with Gasteiger partial charge in [-0.25, -0.2) is 9.59 Å². The number of hydrogen-bond acceptors (Lipinski definition) is 11. The minimum absolute atomic E-state index is 0.00521. The molecule has 0 saturated carbocycles. The molecule has 0 aliphatic carbocycles. The third-order valence-electron chi connectivity index (χ3n) is 8.64. The highest BCUT2D eigenvalue weighted by Crippen LogP contribution is 2.21. The molecule has 2 aromatic carbocycles. The maximum Gasteiger partial charge on any atom is 0.407 e. The normalized spacial score (nSPS) is 16.2. The number of alkyl carbamates (subject to hydrolysis) is 2. The molecule has 15 heteroatoms. The lowest BCUT2D eigenvalue weighted by atomic mass is 9.85. The van der Waals surface area contributed by atoms with Gasteiger partial charge in [-0.2, -0.15) is 0 Å². The number of carbonyl (C=O) groups excluding carboxylic acids is 4. The molecule has 54 heavy (non-hydrogen) atoms. The number of rotatable bonds is 17. The van der Waals surface area contributed by atoms with Gasteiger partial charge in [0.1, 0.15) is 17.4 Å². The van der Waals surface area contributed by atoms with Crippen molar-refractivity contribution in [3.8, 4) is 5.75 Å². The summed E-state index contributed by atoms with van der Waals surface area (Å²) in [5.74, 6) is -0.174. The first-order valence-electron chi connectivity index (χ1n) is 18.3. The molecule has 1 heterocycles. The Bertz CT molecular complexity index is 1470. The van der Waals surface area contributed by atoms with Gasteiger partial charge in [0.05, 0.1) is 44.6 Å². The summed E-state index contributed by atoms with van der Waals surface area (Å²) in [6.45, 7) is 12.5. The molecule has 300 valence electrons. The van der Waals surface area contributed by atoms with E-state index in [4.69, 9.17) is 18.9 Å². The van der Waals surface area contributed by atoms with Gasteiger partial charge in [0, 0.05) is 26.2 Å². The summed E-state index contributed by atoms with van der Waals surface area (Å²) in [6, 6.07) is 13.8. The smallest absolute Gasteiger partial charge is 0.407 e. The fraction of sp³-hybridized carbons (Fsp3) is 0.590. The fourth-order valence-corrected chi connectivity index (χ4v) is 5.70. The van der Waals surface area contributed by atoms with E-state index in [0.717, 1.165) is 11.1 Å². The Labute approximate surface area is 318 Å². The van der Waals surface area contributed by atoms with E-state index in [9.17, 15) is 29.4 Å². The molecule has 1 aliphatic heterocycles. The zero-order valence-corrected chi connectivity index (χ0v) is 32.6. The molecule has 0 unspecified atom stereocenters. The number of methoxy groups -OCH3 is 1. The third kappa shape index (κ3) is 15.5. The summed E-state index contributed by atoms with van der Waals surface area (Å²) in [5, 5.41) is 34.0. The van der Waals surface area contributed by atoms with Gasteiger partial charge in [-0.3, -0.25) is 9.59 Å². The second kappa shape index (κ2) is 20.9. The van der Waals surface area contributed by atoms with Crippen LogP contribution < -0.4 is 26.0 Å². The van der Waals surface area contributed by atoms with E-state index in [1.807, 2.05) is 30.3 Å². The predicted octanol–water partition coefficient (Wildman–Crippen LogP) is 2.17. The number of carbonyl (C=O) groups is 4.